The quantitative estimate of drug-likeness (QED) is 0.772. The molecule has 0 spiro atoms. The third-order valence-corrected chi connectivity index (χ3v) is 2.57. The number of amides is 2. The third-order valence-electron chi connectivity index (χ3n) is 2.57. The summed E-state index contributed by atoms with van der Waals surface area (Å²) in [5.74, 6) is -0.939. The summed E-state index contributed by atoms with van der Waals surface area (Å²) in [6, 6.07) is 8.45. The molecule has 1 rings (SSSR count). The molecule has 1 unspecified atom stereocenters. The van der Waals surface area contributed by atoms with Crippen LogP contribution in [0.5, 0.6) is 0 Å². The van der Waals surface area contributed by atoms with E-state index in [1.54, 1.807) is 37.3 Å². The van der Waals surface area contributed by atoms with E-state index in [-0.39, 0.29) is 25.0 Å². The van der Waals surface area contributed by atoms with Gasteiger partial charge >= 0.3 is 12.0 Å². The Balaban J connectivity index is 2.83. The zero-order valence-electron chi connectivity index (χ0n) is 10.9. The fourth-order valence-corrected chi connectivity index (χ4v) is 1.49. The molecule has 0 aromatic heterocycles. The van der Waals surface area contributed by atoms with Crippen LogP contribution in [0.1, 0.15) is 13.3 Å². The first-order valence-electron chi connectivity index (χ1n) is 6.02. The molecule has 19 heavy (non-hydrogen) atoms. The molecule has 5 heteroatoms. The van der Waals surface area contributed by atoms with E-state index >= 15 is 0 Å². The van der Waals surface area contributed by atoms with Crippen LogP contribution in [0, 0.1) is 0 Å². The summed E-state index contributed by atoms with van der Waals surface area (Å²) in [5.41, 5.74) is 0.664. The van der Waals surface area contributed by atoms with Gasteiger partial charge in [-0.3, -0.25) is 9.69 Å². The average molecular weight is 262 g/mol. The predicted octanol–water partition coefficient (Wildman–Crippen LogP) is 2.25. The van der Waals surface area contributed by atoms with E-state index in [1.807, 2.05) is 6.07 Å². The molecule has 0 aliphatic carbocycles. The van der Waals surface area contributed by atoms with Crippen LogP contribution in [0.4, 0.5) is 10.5 Å². The van der Waals surface area contributed by atoms with Crippen molar-refractivity contribution in [1.29, 1.82) is 0 Å². The number of nitrogens with zero attached hydrogens (tertiary/aromatic N) is 1. The average Bonchev–Trinajstić information content (AvgIpc) is 2.39. The summed E-state index contributed by atoms with van der Waals surface area (Å²) < 4.78 is 0. The Morgan fingerprint density at radius 3 is 2.58 bits per heavy atom. The van der Waals surface area contributed by atoms with Crippen LogP contribution in [-0.2, 0) is 4.79 Å². The number of carboxylic acid groups (broad SMARTS) is 1. The highest BCUT2D eigenvalue weighted by atomic mass is 16.4. The van der Waals surface area contributed by atoms with Gasteiger partial charge in [0, 0.05) is 18.3 Å². The lowest BCUT2D eigenvalue weighted by atomic mass is 10.2. The summed E-state index contributed by atoms with van der Waals surface area (Å²) in [7, 11) is 0. The van der Waals surface area contributed by atoms with Gasteiger partial charge in [-0.05, 0) is 19.1 Å². The standard InChI is InChI=1S/C14H18N2O3/c1-3-11(2)15-14(19)16(10-9-13(17)18)12-7-5-4-6-8-12/h3-8,11H,1,9-10H2,2H3,(H,15,19)(H,17,18). The van der Waals surface area contributed by atoms with Crippen LogP contribution in [-0.4, -0.2) is 29.7 Å². The fraction of sp³-hybridized carbons (Fsp3) is 0.286. The van der Waals surface area contributed by atoms with Gasteiger partial charge < -0.3 is 10.4 Å². The van der Waals surface area contributed by atoms with Crippen LogP contribution >= 0.6 is 0 Å². The van der Waals surface area contributed by atoms with Crippen molar-refractivity contribution >= 4 is 17.7 Å². The molecular formula is C14H18N2O3. The summed E-state index contributed by atoms with van der Waals surface area (Å²) in [4.78, 5) is 24.2. The van der Waals surface area contributed by atoms with Crippen molar-refractivity contribution < 1.29 is 14.7 Å². The monoisotopic (exact) mass is 262 g/mol. The van der Waals surface area contributed by atoms with Crippen molar-refractivity contribution in [2.45, 2.75) is 19.4 Å². The number of carbonyl (C=O) groups excluding carboxylic acids is 1. The minimum absolute atomic E-state index is 0.106. The van der Waals surface area contributed by atoms with Gasteiger partial charge in [0.1, 0.15) is 0 Å². The van der Waals surface area contributed by atoms with Crippen LogP contribution in [0.2, 0.25) is 0 Å². The molecule has 2 amide bonds. The summed E-state index contributed by atoms with van der Waals surface area (Å²) in [6.07, 6.45) is 1.50. The number of urea groups is 1. The fourth-order valence-electron chi connectivity index (χ4n) is 1.49. The van der Waals surface area contributed by atoms with Crippen LogP contribution < -0.4 is 10.2 Å². The Kier molecular flexibility index (Phi) is 5.60. The maximum absolute atomic E-state index is 12.1. The first-order valence-corrected chi connectivity index (χ1v) is 6.02. The molecule has 2 N–H and O–H groups in total. The van der Waals surface area contributed by atoms with Crippen LogP contribution in [0.15, 0.2) is 43.0 Å². The number of carbonyl (C=O) groups is 2. The van der Waals surface area contributed by atoms with Crippen LogP contribution in [0.3, 0.4) is 0 Å². The first kappa shape index (κ1) is 14.8. The van der Waals surface area contributed by atoms with Crippen molar-refractivity contribution in [1.82, 2.24) is 5.32 Å². The Hall–Kier alpha value is -2.30. The molecule has 1 aromatic rings. The van der Waals surface area contributed by atoms with E-state index in [2.05, 4.69) is 11.9 Å². The Labute approximate surface area is 112 Å². The number of aliphatic carboxylic acids is 1. The molecule has 102 valence electrons. The second-order valence-electron chi connectivity index (χ2n) is 4.10. The van der Waals surface area contributed by atoms with Gasteiger partial charge in [0.15, 0.2) is 0 Å². The second-order valence-corrected chi connectivity index (χ2v) is 4.10. The van der Waals surface area contributed by atoms with Gasteiger partial charge in [-0.25, -0.2) is 4.79 Å². The Morgan fingerprint density at radius 2 is 2.05 bits per heavy atom. The molecule has 0 fully saturated rings. The largest absolute Gasteiger partial charge is 0.481 e. The summed E-state index contributed by atoms with van der Waals surface area (Å²) >= 11 is 0. The minimum atomic E-state index is -0.939. The zero-order chi connectivity index (χ0) is 14.3. The lowest BCUT2D eigenvalue weighted by Gasteiger charge is -2.24. The molecule has 5 nitrogen and oxygen atoms in total. The van der Waals surface area contributed by atoms with E-state index in [0.717, 1.165) is 0 Å². The topological polar surface area (TPSA) is 69.6 Å². The molecule has 0 aliphatic heterocycles. The summed E-state index contributed by atoms with van der Waals surface area (Å²) in [6.45, 7) is 5.51. The highest BCUT2D eigenvalue weighted by molar-refractivity contribution is 5.92. The molecular weight excluding hydrogens is 244 g/mol. The highest BCUT2D eigenvalue weighted by Gasteiger charge is 2.17. The summed E-state index contributed by atoms with van der Waals surface area (Å²) in [5, 5.41) is 11.5. The van der Waals surface area contributed by atoms with E-state index in [1.165, 1.54) is 4.90 Å². The van der Waals surface area contributed by atoms with E-state index in [0.29, 0.717) is 5.69 Å². The van der Waals surface area contributed by atoms with Crippen molar-refractivity contribution in [2.75, 3.05) is 11.4 Å². The molecule has 1 aromatic carbocycles. The zero-order valence-corrected chi connectivity index (χ0v) is 10.9. The van der Waals surface area contributed by atoms with E-state index in [4.69, 9.17) is 5.11 Å². The van der Waals surface area contributed by atoms with Crippen LogP contribution in [0.25, 0.3) is 0 Å². The van der Waals surface area contributed by atoms with Crippen molar-refractivity contribution in [3.63, 3.8) is 0 Å². The number of benzene rings is 1. The molecule has 0 radical (unpaired) electrons. The van der Waals surface area contributed by atoms with Gasteiger partial charge in [0.25, 0.3) is 0 Å². The molecule has 0 saturated heterocycles. The molecule has 0 bridgehead atoms. The number of anilines is 1. The number of carboxylic acids is 1. The van der Waals surface area contributed by atoms with Gasteiger partial charge in [-0.2, -0.15) is 0 Å². The number of para-hydroxylation sites is 1. The maximum atomic E-state index is 12.1. The van der Waals surface area contributed by atoms with Gasteiger partial charge in [-0.15, -0.1) is 6.58 Å². The smallest absolute Gasteiger partial charge is 0.322 e. The SMILES string of the molecule is C=CC(C)NC(=O)N(CCC(=O)O)c1ccccc1. The lowest BCUT2D eigenvalue weighted by molar-refractivity contribution is -0.136. The Morgan fingerprint density at radius 1 is 1.42 bits per heavy atom. The maximum Gasteiger partial charge on any atom is 0.322 e. The molecule has 0 saturated carbocycles. The van der Waals surface area contributed by atoms with Crippen molar-refractivity contribution in [3.05, 3.63) is 43.0 Å². The Bertz CT molecular complexity index is 445. The second kappa shape index (κ2) is 7.20. The van der Waals surface area contributed by atoms with E-state index in [9.17, 15) is 9.59 Å². The molecule has 0 heterocycles. The predicted molar refractivity (Wildman–Crippen MR) is 74.2 cm³/mol. The normalized spacial score (nSPS) is 11.4. The van der Waals surface area contributed by atoms with Gasteiger partial charge in [0.2, 0.25) is 0 Å². The number of rotatable bonds is 6. The van der Waals surface area contributed by atoms with E-state index < -0.39 is 5.97 Å². The molecule has 1 atom stereocenters. The minimum Gasteiger partial charge on any atom is -0.481 e. The van der Waals surface area contributed by atoms with Crippen molar-refractivity contribution in [3.8, 4) is 0 Å². The van der Waals surface area contributed by atoms with Gasteiger partial charge in [0.05, 0.1) is 6.42 Å². The first-order chi connectivity index (χ1) is 9.04. The number of hydrogen-bond donors (Lipinski definition) is 2. The number of nitrogens with one attached hydrogen (secondary N) is 1. The lowest BCUT2D eigenvalue weighted by Crippen LogP contribution is -2.44. The number of hydrogen-bond acceptors (Lipinski definition) is 2. The molecule has 0 aliphatic rings. The van der Waals surface area contributed by atoms with Crippen molar-refractivity contribution in [2.24, 2.45) is 0 Å². The third kappa shape index (κ3) is 4.83. The van der Waals surface area contributed by atoms with Gasteiger partial charge in [-0.1, -0.05) is 24.3 Å². The highest BCUT2D eigenvalue weighted by Crippen LogP contribution is 2.14.